The van der Waals surface area contributed by atoms with Crippen LogP contribution in [-0.4, -0.2) is 127 Å². The van der Waals surface area contributed by atoms with Crippen LogP contribution in [-0.2, 0) is 42.4 Å². The summed E-state index contributed by atoms with van der Waals surface area (Å²) < 4.78 is 39.7. The third-order valence-corrected chi connectivity index (χ3v) is 9.78. The highest BCUT2D eigenvalue weighted by Gasteiger charge is 2.34. The standard InChI is InChI=1S/C35H49N6O11P/c1-5-8-20-49-34(46)40-18-16-39(17-19-40)33(45)27(23-53(47)52-35(50-29(42)6-2)51-30(43)7-3)37-32(44)26-21-28(41-15-14-25(22-41)48-4)38-31(36-26)24-12-10-9-11-13-24/h9-13,21,25,27,35,53H,5-8,14-20,22-23H2,1-4H3,(H,37,44). The van der Waals surface area contributed by atoms with E-state index in [1.165, 1.54) is 29.7 Å². The van der Waals surface area contributed by atoms with Gasteiger partial charge in [0.1, 0.15) is 17.6 Å². The minimum atomic E-state index is -3.33. The van der Waals surface area contributed by atoms with E-state index in [-0.39, 0.29) is 56.6 Å². The number of hydrogen-bond donors (Lipinski definition) is 1. The lowest BCUT2D eigenvalue weighted by atomic mass is 10.2. The first-order valence-corrected chi connectivity index (χ1v) is 19.4. The number of rotatable bonds is 17. The van der Waals surface area contributed by atoms with E-state index < -0.39 is 56.6 Å². The third-order valence-electron chi connectivity index (χ3n) is 8.59. The average molecular weight is 761 g/mol. The third kappa shape index (κ3) is 12.2. The second-order valence-corrected chi connectivity index (χ2v) is 13.8. The van der Waals surface area contributed by atoms with E-state index in [0.29, 0.717) is 31.1 Å². The van der Waals surface area contributed by atoms with Crippen LogP contribution in [0.2, 0.25) is 0 Å². The molecule has 1 aromatic carbocycles. The van der Waals surface area contributed by atoms with Gasteiger partial charge in [-0.25, -0.2) is 14.8 Å². The lowest BCUT2D eigenvalue weighted by molar-refractivity contribution is -0.233. The second-order valence-electron chi connectivity index (χ2n) is 12.4. The predicted octanol–water partition coefficient (Wildman–Crippen LogP) is 3.23. The highest BCUT2D eigenvalue weighted by atomic mass is 31.1. The molecule has 4 rings (SSSR count). The van der Waals surface area contributed by atoms with Gasteiger partial charge in [0.05, 0.1) is 18.9 Å². The molecule has 290 valence electrons. The molecule has 3 amide bonds. The minimum Gasteiger partial charge on any atom is -0.449 e. The van der Waals surface area contributed by atoms with Crippen LogP contribution in [0.3, 0.4) is 0 Å². The molecule has 1 N–H and O–H groups in total. The molecule has 3 unspecified atom stereocenters. The molecular formula is C35H49N6O11P. The topological polar surface area (TPSA) is 196 Å². The molecule has 0 saturated carbocycles. The van der Waals surface area contributed by atoms with Gasteiger partial charge < -0.3 is 39.0 Å². The summed E-state index contributed by atoms with van der Waals surface area (Å²) in [6, 6.07) is 9.22. The number of carbonyl (C=O) groups is 5. The molecule has 3 atom stereocenters. The molecule has 0 bridgehead atoms. The van der Waals surface area contributed by atoms with Crippen molar-refractivity contribution in [2.75, 3.05) is 64.0 Å². The van der Waals surface area contributed by atoms with E-state index >= 15 is 0 Å². The van der Waals surface area contributed by atoms with Crippen molar-refractivity contribution in [1.29, 1.82) is 0 Å². The Hall–Kier alpha value is -4.60. The van der Waals surface area contributed by atoms with Crippen LogP contribution in [0.15, 0.2) is 36.4 Å². The number of unbranched alkanes of at least 4 members (excludes halogenated alkanes) is 1. The molecule has 2 aliphatic rings. The van der Waals surface area contributed by atoms with Crippen LogP contribution in [0.4, 0.5) is 10.6 Å². The van der Waals surface area contributed by atoms with Gasteiger partial charge in [-0.1, -0.05) is 57.5 Å². The molecule has 2 aliphatic heterocycles. The molecule has 3 heterocycles. The van der Waals surface area contributed by atoms with Crippen molar-refractivity contribution in [3.05, 3.63) is 42.1 Å². The first-order chi connectivity index (χ1) is 25.5. The SMILES string of the molecule is CCCCOC(=O)N1CCN(C(=O)C(C[PH](=O)OC(OC(=O)CC)OC(=O)CC)NC(=O)c2cc(N3CCC(OC)C3)nc(-c3ccccc3)n2)CC1. The molecular weight excluding hydrogens is 711 g/mol. The predicted molar refractivity (Wildman–Crippen MR) is 192 cm³/mol. The number of esters is 2. The van der Waals surface area contributed by atoms with Crippen LogP contribution < -0.4 is 10.2 Å². The van der Waals surface area contributed by atoms with Gasteiger partial charge in [-0.05, 0) is 12.8 Å². The normalized spacial score (nSPS) is 16.9. The summed E-state index contributed by atoms with van der Waals surface area (Å²) in [5.74, 6) is -2.11. The Bertz CT molecular complexity index is 1570. The molecule has 0 radical (unpaired) electrons. The van der Waals surface area contributed by atoms with E-state index in [2.05, 4.69) is 10.3 Å². The summed E-state index contributed by atoms with van der Waals surface area (Å²) in [4.78, 5) is 78.7. The van der Waals surface area contributed by atoms with Crippen molar-refractivity contribution in [2.24, 2.45) is 0 Å². The zero-order valence-corrected chi connectivity index (χ0v) is 31.6. The van der Waals surface area contributed by atoms with Gasteiger partial charge in [0.25, 0.3) is 5.91 Å². The average Bonchev–Trinajstić information content (AvgIpc) is 3.67. The first kappa shape index (κ1) is 41.2. The summed E-state index contributed by atoms with van der Waals surface area (Å²) in [6.45, 7) is 5.17. The van der Waals surface area contributed by atoms with E-state index in [4.69, 9.17) is 28.5 Å². The van der Waals surface area contributed by atoms with E-state index in [0.717, 1.165) is 19.3 Å². The van der Waals surface area contributed by atoms with E-state index in [1.54, 1.807) is 7.11 Å². The number of anilines is 1. The lowest BCUT2D eigenvalue weighted by Gasteiger charge is -2.36. The Kier molecular flexibility index (Phi) is 16.0. The molecule has 0 spiro atoms. The summed E-state index contributed by atoms with van der Waals surface area (Å²) in [7, 11) is -1.69. The number of benzene rings is 1. The molecule has 2 fully saturated rings. The van der Waals surface area contributed by atoms with Crippen molar-refractivity contribution in [3.63, 3.8) is 0 Å². The minimum absolute atomic E-state index is 0.0160. The number of ether oxygens (including phenoxy) is 4. The van der Waals surface area contributed by atoms with Gasteiger partial charge in [-0.3, -0.25) is 28.3 Å². The summed E-state index contributed by atoms with van der Waals surface area (Å²) in [5.41, 5.74) is 0.622. The fourth-order valence-electron chi connectivity index (χ4n) is 5.49. The Morgan fingerprint density at radius 1 is 0.925 bits per heavy atom. The number of methoxy groups -OCH3 is 1. The van der Waals surface area contributed by atoms with Gasteiger partial charge in [0, 0.05) is 70.8 Å². The van der Waals surface area contributed by atoms with E-state index in [9.17, 15) is 28.5 Å². The van der Waals surface area contributed by atoms with Gasteiger partial charge in [-0.2, -0.15) is 0 Å². The highest BCUT2D eigenvalue weighted by Crippen LogP contribution is 2.29. The monoisotopic (exact) mass is 760 g/mol. The number of hydrogen-bond acceptors (Lipinski definition) is 14. The number of carbonyl (C=O) groups excluding carboxylic acids is 5. The van der Waals surface area contributed by atoms with Crippen molar-refractivity contribution < 1.29 is 52.0 Å². The summed E-state index contributed by atoms with van der Waals surface area (Å²) in [5, 5.41) is 2.68. The van der Waals surface area contributed by atoms with Crippen molar-refractivity contribution >= 4 is 43.7 Å². The van der Waals surface area contributed by atoms with Crippen LogP contribution in [0.25, 0.3) is 11.4 Å². The summed E-state index contributed by atoms with van der Waals surface area (Å²) >= 11 is 0. The van der Waals surface area contributed by atoms with Gasteiger partial charge in [0.2, 0.25) is 13.9 Å². The number of nitrogens with zero attached hydrogens (tertiary/aromatic N) is 5. The van der Waals surface area contributed by atoms with Crippen molar-refractivity contribution in [1.82, 2.24) is 25.1 Å². The Morgan fingerprint density at radius 3 is 2.19 bits per heavy atom. The van der Waals surface area contributed by atoms with Crippen LogP contribution in [0.1, 0.15) is 63.4 Å². The molecule has 18 heteroatoms. The van der Waals surface area contributed by atoms with Crippen LogP contribution in [0.5, 0.6) is 0 Å². The van der Waals surface area contributed by atoms with Gasteiger partial charge >= 0.3 is 24.5 Å². The van der Waals surface area contributed by atoms with Crippen molar-refractivity contribution in [2.45, 2.75) is 71.5 Å². The molecule has 17 nitrogen and oxygen atoms in total. The number of amides is 3. The number of nitrogens with one attached hydrogen (secondary N) is 1. The maximum Gasteiger partial charge on any atom is 0.409 e. The lowest BCUT2D eigenvalue weighted by Crippen LogP contribution is -2.56. The van der Waals surface area contributed by atoms with Crippen molar-refractivity contribution in [3.8, 4) is 11.4 Å². The molecule has 53 heavy (non-hydrogen) atoms. The fourth-order valence-corrected chi connectivity index (χ4v) is 6.51. The highest BCUT2D eigenvalue weighted by molar-refractivity contribution is 7.39. The van der Waals surface area contributed by atoms with Gasteiger partial charge in [-0.15, -0.1) is 0 Å². The Labute approximate surface area is 309 Å². The molecule has 1 aromatic heterocycles. The summed E-state index contributed by atoms with van der Waals surface area (Å²) in [6.07, 6.45) is 1.18. The fraction of sp³-hybridized carbons (Fsp3) is 0.571. The maximum absolute atomic E-state index is 14.0. The van der Waals surface area contributed by atoms with Gasteiger partial charge in [0.15, 0.2) is 5.82 Å². The van der Waals surface area contributed by atoms with Crippen LogP contribution in [0, 0.1) is 0 Å². The Balaban J connectivity index is 1.58. The zero-order valence-electron chi connectivity index (χ0n) is 30.6. The number of piperazine rings is 1. The van der Waals surface area contributed by atoms with Crippen LogP contribution >= 0.6 is 8.03 Å². The first-order valence-electron chi connectivity index (χ1n) is 17.9. The molecule has 2 aromatic rings. The largest absolute Gasteiger partial charge is 0.449 e. The quantitative estimate of drug-likeness (QED) is 0.107. The second kappa shape index (κ2) is 20.6. The number of aromatic nitrogens is 2. The van der Waals surface area contributed by atoms with E-state index in [1.807, 2.05) is 42.2 Å². The zero-order chi connectivity index (χ0) is 38.3. The smallest absolute Gasteiger partial charge is 0.409 e. The molecule has 0 aliphatic carbocycles. The molecule has 2 saturated heterocycles. The maximum atomic E-state index is 14.0. The Morgan fingerprint density at radius 2 is 1.58 bits per heavy atom.